The summed E-state index contributed by atoms with van der Waals surface area (Å²) in [5.74, 6) is -0.161. The van der Waals surface area contributed by atoms with Gasteiger partial charge >= 0.3 is 0 Å². The van der Waals surface area contributed by atoms with Gasteiger partial charge in [-0.1, -0.05) is 19.1 Å². The summed E-state index contributed by atoms with van der Waals surface area (Å²) in [7, 11) is 4.36. The topological polar surface area (TPSA) is 117 Å². The number of thioether (sulfide) groups is 1. The molecule has 9 heteroatoms. The first-order valence-corrected chi connectivity index (χ1v) is 9.89. The number of carbonyl (C=O) groups is 3. The number of methoxy groups -OCH3 is 3. The van der Waals surface area contributed by atoms with Crippen LogP contribution in [0, 0.1) is 0 Å². The lowest BCUT2D eigenvalue weighted by Crippen LogP contribution is -2.44. The van der Waals surface area contributed by atoms with E-state index < -0.39 is 17.9 Å². The number of primary amides is 1. The normalized spacial score (nSPS) is 11.3. The molecule has 2 rings (SSSR count). The lowest BCUT2D eigenvalue weighted by molar-refractivity contribution is -0.119. The van der Waals surface area contributed by atoms with Crippen molar-refractivity contribution < 1.29 is 28.6 Å². The number of amides is 2. The van der Waals surface area contributed by atoms with Crippen molar-refractivity contribution in [1.82, 2.24) is 5.32 Å². The van der Waals surface area contributed by atoms with Gasteiger partial charge in [0.25, 0.3) is 5.91 Å². The SMILES string of the molecule is CC[C@H](NC(=O)c1ccccc1SC(=O)c1ccc(OC)c(OC)c1OC)C(N)=O. The predicted octanol–water partition coefficient (Wildman–Crippen LogP) is 2.64. The zero-order chi connectivity index (χ0) is 22.3. The minimum Gasteiger partial charge on any atom is -0.493 e. The molecule has 0 aliphatic rings. The molecule has 1 atom stereocenters. The molecule has 0 saturated carbocycles. The van der Waals surface area contributed by atoms with E-state index >= 15 is 0 Å². The Kier molecular flexibility index (Phi) is 8.11. The molecule has 2 aromatic rings. The highest BCUT2D eigenvalue weighted by atomic mass is 32.2. The maximum atomic E-state index is 13.0. The second-order valence-electron chi connectivity index (χ2n) is 6.10. The molecule has 30 heavy (non-hydrogen) atoms. The van der Waals surface area contributed by atoms with Crippen molar-refractivity contribution in [1.29, 1.82) is 0 Å². The molecule has 0 heterocycles. The summed E-state index contributed by atoms with van der Waals surface area (Å²) in [6, 6.07) is 8.98. The molecule has 2 amide bonds. The number of nitrogens with one attached hydrogen (secondary N) is 1. The van der Waals surface area contributed by atoms with Crippen molar-refractivity contribution in [3.8, 4) is 17.2 Å². The van der Waals surface area contributed by atoms with Crippen LogP contribution in [0.3, 0.4) is 0 Å². The number of carbonyl (C=O) groups excluding carboxylic acids is 3. The van der Waals surface area contributed by atoms with Gasteiger partial charge in [-0.05, 0) is 42.4 Å². The zero-order valence-corrected chi connectivity index (χ0v) is 18.0. The molecule has 0 saturated heterocycles. The minimum atomic E-state index is -0.794. The van der Waals surface area contributed by atoms with Crippen LogP contribution in [0.15, 0.2) is 41.3 Å². The van der Waals surface area contributed by atoms with Crippen LogP contribution >= 0.6 is 11.8 Å². The predicted molar refractivity (Wildman–Crippen MR) is 113 cm³/mol. The first-order valence-electron chi connectivity index (χ1n) is 9.08. The number of ether oxygens (including phenoxy) is 3. The van der Waals surface area contributed by atoms with E-state index in [4.69, 9.17) is 19.9 Å². The third kappa shape index (κ3) is 5.04. The Labute approximate surface area is 179 Å². The average Bonchev–Trinajstić information content (AvgIpc) is 2.75. The van der Waals surface area contributed by atoms with E-state index in [9.17, 15) is 14.4 Å². The monoisotopic (exact) mass is 432 g/mol. The van der Waals surface area contributed by atoms with Gasteiger partial charge in [0.2, 0.25) is 16.8 Å². The van der Waals surface area contributed by atoms with Crippen molar-refractivity contribution >= 4 is 28.7 Å². The Hall–Kier alpha value is -3.20. The molecular formula is C21H24N2O6S. The van der Waals surface area contributed by atoms with Crippen molar-refractivity contribution in [3.63, 3.8) is 0 Å². The molecule has 0 fully saturated rings. The standard InChI is InChI=1S/C21H24N2O6S/c1-5-14(19(22)24)23-20(25)12-8-6-7-9-16(12)30-21(26)13-10-11-15(27-2)18(29-4)17(13)28-3/h6-11,14H,5H2,1-4H3,(H2,22,24)(H,23,25)/t14-/m0/s1. The summed E-state index contributed by atoms with van der Waals surface area (Å²) in [6.45, 7) is 1.74. The lowest BCUT2D eigenvalue weighted by atomic mass is 10.1. The van der Waals surface area contributed by atoms with Gasteiger partial charge in [0.1, 0.15) is 6.04 Å². The third-order valence-corrected chi connectivity index (χ3v) is 5.30. The van der Waals surface area contributed by atoms with E-state index in [0.717, 1.165) is 11.8 Å². The summed E-state index contributed by atoms with van der Waals surface area (Å²) in [5.41, 5.74) is 5.82. The van der Waals surface area contributed by atoms with Gasteiger partial charge in [0, 0.05) is 4.90 Å². The van der Waals surface area contributed by atoms with Crippen molar-refractivity contribution in [3.05, 3.63) is 47.5 Å². The van der Waals surface area contributed by atoms with Gasteiger partial charge in [-0.2, -0.15) is 0 Å². The number of hydrogen-bond acceptors (Lipinski definition) is 7. The van der Waals surface area contributed by atoms with Gasteiger partial charge < -0.3 is 25.3 Å². The molecule has 0 unspecified atom stereocenters. The van der Waals surface area contributed by atoms with Gasteiger partial charge in [-0.15, -0.1) is 0 Å². The molecule has 3 N–H and O–H groups in total. The molecule has 0 aliphatic carbocycles. The van der Waals surface area contributed by atoms with Gasteiger partial charge in [-0.25, -0.2) is 0 Å². The second kappa shape index (κ2) is 10.5. The Morgan fingerprint density at radius 2 is 1.63 bits per heavy atom. The number of benzene rings is 2. The fourth-order valence-corrected chi connectivity index (χ4v) is 3.66. The molecule has 8 nitrogen and oxygen atoms in total. The van der Waals surface area contributed by atoms with Gasteiger partial charge in [0.05, 0.1) is 32.5 Å². The maximum Gasteiger partial charge on any atom is 0.253 e. The third-order valence-electron chi connectivity index (χ3n) is 4.32. The van der Waals surface area contributed by atoms with Crippen LogP contribution in [-0.4, -0.2) is 44.3 Å². The molecule has 160 valence electrons. The number of nitrogens with two attached hydrogens (primary N) is 1. The highest BCUT2D eigenvalue weighted by Gasteiger charge is 2.24. The first kappa shape index (κ1) is 23.1. The second-order valence-corrected chi connectivity index (χ2v) is 7.12. The number of rotatable bonds is 9. The number of hydrogen-bond donors (Lipinski definition) is 2. The summed E-state index contributed by atoms with van der Waals surface area (Å²) in [6.07, 6.45) is 0.359. The Bertz CT molecular complexity index is 947. The van der Waals surface area contributed by atoms with Crippen LogP contribution in [0.2, 0.25) is 0 Å². The highest BCUT2D eigenvalue weighted by molar-refractivity contribution is 8.14. The summed E-state index contributed by atoms with van der Waals surface area (Å²) >= 11 is 0.865. The zero-order valence-electron chi connectivity index (χ0n) is 17.2. The summed E-state index contributed by atoms with van der Waals surface area (Å²) in [4.78, 5) is 37.5. The highest BCUT2D eigenvalue weighted by Crippen LogP contribution is 2.42. The van der Waals surface area contributed by atoms with E-state index in [1.165, 1.54) is 21.3 Å². The van der Waals surface area contributed by atoms with E-state index in [-0.39, 0.29) is 22.0 Å². The fourth-order valence-electron chi connectivity index (χ4n) is 2.77. The van der Waals surface area contributed by atoms with Crippen LogP contribution < -0.4 is 25.3 Å². The molecule has 2 aromatic carbocycles. The first-order chi connectivity index (χ1) is 14.4. The van der Waals surface area contributed by atoms with Crippen LogP contribution in [0.4, 0.5) is 0 Å². The minimum absolute atomic E-state index is 0.232. The van der Waals surface area contributed by atoms with E-state index in [2.05, 4.69) is 5.32 Å². The molecule has 0 bridgehead atoms. The Morgan fingerprint density at radius 1 is 0.967 bits per heavy atom. The van der Waals surface area contributed by atoms with Gasteiger partial charge in [-0.3, -0.25) is 14.4 Å². The molecular weight excluding hydrogens is 408 g/mol. The Balaban J connectivity index is 2.35. The average molecular weight is 432 g/mol. The quantitative estimate of drug-likeness (QED) is 0.585. The van der Waals surface area contributed by atoms with Crippen LogP contribution in [0.25, 0.3) is 0 Å². The Morgan fingerprint density at radius 3 is 2.20 bits per heavy atom. The molecule has 0 radical (unpaired) electrons. The van der Waals surface area contributed by atoms with Crippen LogP contribution in [0.1, 0.15) is 34.1 Å². The van der Waals surface area contributed by atoms with Crippen LogP contribution in [0.5, 0.6) is 17.2 Å². The van der Waals surface area contributed by atoms with Crippen molar-refractivity contribution in [2.75, 3.05) is 21.3 Å². The van der Waals surface area contributed by atoms with Crippen LogP contribution in [-0.2, 0) is 4.79 Å². The van der Waals surface area contributed by atoms with E-state index in [0.29, 0.717) is 22.8 Å². The maximum absolute atomic E-state index is 13.0. The summed E-state index contributed by atoms with van der Waals surface area (Å²) in [5, 5.41) is 2.24. The summed E-state index contributed by atoms with van der Waals surface area (Å²) < 4.78 is 15.9. The van der Waals surface area contributed by atoms with Gasteiger partial charge in [0.15, 0.2) is 11.5 Å². The van der Waals surface area contributed by atoms with E-state index in [1.807, 2.05) is 0 Å². The molecule has 0 aromatic heterocycles. The smallest absolute Gasteiger partial charge is 0.253 e. The lowest BCUT2D eigenvalue weighted by Gasteiger charge is -2.16. The van der Waals surface area contributed by atoms with Crippen molar-refractivity contribution in [2.24, 2.45) is 5.73 Å². The van der Waals surface area contributed by atoms with E-state index in [1.54, 1.807) is 43.3 Å². The van der Waals surface area contributed by atoms with Crippen molar-refractivity contribution in [2.45, 2.75) is 24.3 Å². The largest absolute Gasteiger partial charge is 0.493 e. The molecule has 0 aliphatic heterocycles. The fraction of sp³-hybridized carbons (Fsp3) is 0.286. The molecule has 0 spiro atoms.